The van der Waals surface area contributed by atoms with E-state index in [-0.39, 0.29) is 5.91 Å². The van der Waals surface area contributed by atoms with Crippen LogP contribution in [-0.4, -0.2) is 30.0 Å². The van der Waals surface area contributed by atoms with Crippen LogP contribution >= 0.6 is 0 Å². The summed E-state index contributed by atoms with van der Waals surface area (Å²) in [4.78, 5) is 27.8. The molecule has 0 aliphatic heterocycles. The van der Waals surface area contributed by atoms with E-state index in [9.17, 15) is 9.59 Å². The number of hydrogen-bond acceptors (Lipinski definition) is 4. The number of nitrogens with one attached hydrogen (secondary N) is 1. The van der Waals surface area contributed by atoms with Crippen LogP contribution in [0.2, 0.25) is 0 Å². The smallest absolute Gasteiger partial charge is 0.328 e. The average Bonchev–Trinajstić information content (AvgIpc) is 2.55. The van der Waals surface area contributed by atoms with Crippen molar-refractivity contribution in [3.8, 4) is 0 Å². The van der Waals surface area contributed by atoms with Crippen LogP contribution in [-0.2, 0) is 16.0 Å². The van der Waals surface area contributed by atoms with Crippen LogP contribution in [0.4, 0.5) is 0 Å². The van der Waals surface area contributed by atoms with Gasteiger partial charge >= 0.3 is 5.97 Å². The summed E-state index contributed by atoms with van der Waals surface area (Å²) < 4.78 is 4.76. The Kier molecular flexibility index (Phi) is 5.04. The monoisotopic (exact) mass is 284 g/mol. The number of carbonyl (C=O) groups is 2. The van der Waals surface area contributed by atoms with Gasteiger partial charge in [0.05, 0.1) is 7.11 Å². The maximum Gasteiger partial charge on any atom is 0.328 e. The van der Waals surface area contributed by atoms with Crippen molar-refractivity contribution in [2.45, 2.75) is 12.5 Å². The number of pyridine rings is 1. The molecule has 0 aliphatic carbocycles. The lowest BCUT2D eigenvalue weighted by molar-refractivity contribution is -0.142. The maximum absolute atomic E-state index is 12.1. The molecule has 1 heterocycles. The number of ether oxygens (including phenoxy) is 1. The molecule has 2 rings (SSSR count). The normalized spacial score (nSPS) is 11.5. The van der Waals surface area contributed by atoms with Crippen molar-refractivity contribution in [3.05, 3.63) is 66.0 Å². The van der Waals surface area contributed by atoms with Crippen LogP contribution < -0.4 is 5.32 Å². The van der Waals surface area contributed by atoms with Crippen molar-refractivity contribution in [2.75, 3.05) is 7.11 Å². The third kappa shape index (κ3) is 4.14. The summed E-state index contributed by atoms with van der Waals surface area (Å²) in [6, 6.07) is 11.9. The van der Waals surface area contributed by atoms with Crippen molar-refractivity contribution in [2.24, 2.45) is 0 Å². The zero-order valence-electron chi connectivity index (χ0n) is 11.7. The highest BCUT2D eigenvalue weighted by atomic mass is 16.5. The Morgan fingerprint density at radius 2 is 1.81 bits per heavy atom. The van der Waals surface area contributed by atoms with Crippen LogP contribution in [0.1, 0.15) is 15.9 Å². The fourth-order valence-corrected chi connectivity index (χ4v) is 1.93. The SMILES string of the molecule is COC(=O)[C@@H](Cc1ccccc1)NC(=O)c1ccncc1. The Bertz CT molecular complexity index is 599. The van der Waals surface area contributed by atoms with Crippen LogP contribution in [0.25, 0.3) is 0 Å². The lowest BCUT2D eigenvalue weighted by Gasteiger charge is -2.16. The minimum atomic E-state index is -0.724. The Hall–Kier alpha value is -2.69. The van der Waals surface area contributed by atoms with E-state index in [1.54, 1.807) is 12.1 Å². The predicted molar refractivity (Wildman–Crippen MR) is 77.7 cm³/mol. The van der Waals surface area contributed by atoms with Crippen molar-refractivity contribution < 1.29 is 14.3 Å². The minimum Gasteiger partial charge on any atom is -0.467 e. The molecule has 5 nitrogen and oxygen atoms in total. The molecule has 2 aromatic rings. The average molecular weight is 284 g/mol. The Morgan fingerprint density at radius 1 is 1.14 bits per heavy atom. The largest absolute Gasteiger partial charge is 0.467 e. The van der Waals surface area contributed by atoms with Gasteiger partial charge in [-0.25, -0.2) is 4.79 Å². The molecule has 0 bridgehead atoms. The van der Waals surface area contributed by atoms with Crippen LogP contribution in [0, 0.1) is 0 Å². The molecule has 1 atom stereocenters. The number of rotatable bonds is 5. The highest BCUT2D eigenvalue weighted by Crippen LogP contribution is 2.06. The summed E-state index contributed by atoms with van der Waals surface area (Å²) in [5.74, 6) is -0.801. The first-order chi connectivity index (χ1) is 10.2. The molecule has 0 unspecified atom stereocenters. The molecule has 0 saturated carbocycles. The fourth-order valence-electron chi connectivity index (χ4n) is 1.93. The molecule has 1 aromatic carbocycles. The van der Waals surface area contributed by atoms with Crippen molar-refractivity contribution in [1.29, 1.82) is 0 Å². The van der Waals surface area contributed by atoms with Gasteiger partial charge in [0.15, 0.2) is 0 Å². The zero-order valence-corrected chi connectivity index (χ0v) is 11.7. The molecule has 0 spiro atoms. The quantitative estimate of drug-likeness (QED) is 0.847. The molecular formula is C16H16N2O3. The number of hydrogen-bond donors (Lipinski definition) is 1. The lowest BCUT2D eigenvalue weighted by atomic mass is 10.1. The summed E-state index contributed by atoms with van der Waals surface area (Å²) in [5.41, 5.74) is 1.40. The van der Waals surface area contributed by atoms with E-state index in [0.717, 1.165) is 5.56 Å². The van der Waals surface area contributed by atoms with Gasteiger partial charge in [0.1, 0.15) is 6.04 Å². The number of benzene rings is 1. The van der Waals surface area contributed by atoms with Gasteiger partial charge in [-0.3, -0.25) is 9.78 Å². The van der Waals surface area contributed by atoms with Crippen LogP contribution in [0.15, 0.2) is 54.9 Å². The zero-order chi connectivity index (χ0) is 15.1. The summed E-state index contributed by atoms with van der Waals surface area (Å²) in [7, 11) is 1.30. The van der Waals surface area contributed by atoms with E-state index in [2.05, 4.69) is 10.3 Å². The first-order valence-corrected chi connectivity index (χ1v) is 6.53. The summed E-state index contributed by atoms with van der Waals surface area (Å²) in [5, 5.41) is 2.69. The second kappa shape index (κ2) is 7.19. The molecule has 0 aliphatic rings. The molecule has 108 valence electrons. The van der Waals surface area contributed by atoms with Gasteiger partial charge in [0, 0.05) is 24.4 Å². The Labute approximate surface area is 123 Å². The molecule has 1 N–H and O–H groups in total. The van der Waals surface area contributed by atoms with Crippen molar-refractivity contribution >= 4 is 11.9 Å². The second-order valence-electron chi connectivity index (χ2n) is 4.47. The molecule has 0 radical (unpaired) electrons. The number of methoxy groups -OCH3 is 1. The second-order valence-corrected chi connectivity index (χ2v) is 4.47. The molecule has 1 aromatic heterocycles. The topological polar surface area (TPSA) is 68.3 Å². The van der Waals surface area contributed by atoms with Gasteiger partial charge in [-0.05, 0) is 17.7 Å². The number of nitrogens with zero attached hydrogens (tertiary/aromatic N) is 1. The van der Waals surface area contributed by atoms with E-state index in [1.165, 1.54) is 19.5 Å². The first-order valence-electron chi connectivity index (χ1n) is 6.53. The molecule has 0 fully saturated rings. The van der Waals surface area contributed by atoms with E-state index >= 15 is 0 Å². The van der Waals surface area contributed by atoms with E-state index in [0.29, 0.717) is 12.0 Å². The van der Waals surface area contributed by atoms with Gasteiger partial charge in [0.2, 0.25) is 0 Å². The van der Waals surface area contributed by atoms with Gasteiger partial charge in [-0.15, -0.1) is 0 Å². The van der Waals surface area contributed by atoms with Crippen LogP contribution in [0.5, 0.6) is 0 Å². The standard InChI is InChI=1S/C16H16N2O3/c1-21-16(20)14(11-12-5-3-2-4-6-12)18-15(19)13-7-9-17-10-8-13/h2-10,14H,11H2,1H3,(H,18,19)/t14-/m1/s1. The highest BCUT2D eigenvalue weighted by molar-refractivity contribution is 5.96. The third-order valence-electron chi connectivity index (χ3n) is 3.02. The molecule has 0 saturated heterocycles. The number of carbonyl (C=O) groups excluding carboxylic acids is 2. The predicted octanol–water partition coefficient (Wildman–Crippen LogP) is 1.60. The summed E-state index contributed by atoms with van der Waals surface area (Å²) in [6.07, 6.45) is 3.43. The lowest BCUT2D eigenvalue weighted by Crippen LogP contribution is -2.43. The molecular weight excluding hydrogens is 268 g/mol. The van der Waals surface area contributed by atoms with Gasteiger partial charge in [-0.1, -0.05) is 30.3 Å². The number of aromatic nitrogens is 1. The fraction of sp³-hybridized carbons (Fsp3) is 0.188. The first kappa shape index (κ1) is 14.7. The maximum atomic E-state index is 12.1. The van der Waals surface area contributed by atoms with E-state index in [4.69, 9.17) is 4.74 Å². The number of esters is 1. The highest BCUT2D eigenvalue weighted by Gasteiger charge is 2.22. The molecule has 5 heteroatoms. The summed E-state index contributed by atoms with van der Waals surface area (Å²) >= 11 is 0. The Morgan fingerprint density at radius 3 is 2.43 bits per heavy atom. The van der Waals surface area contributed by atoms with Gasteiger partial charge in [0.25, 0.3) is 5.91 Å². The van der Waals surface area contributed by atoms with Gasteiger partial charge < -0.3 is 10.1 Å². The van der Waals surface area contributed by atoms with Crippen LogP contribution in [0.3, 0.4) is 0 Å². The minimum absolute atomic E-state index is 0.330. The summed E-state index contributed by atoms with van der Waals surface area (Å²) in [6.45, 7) is 0. The Balaban J connectivity index is 2.10. The van der Waals surface area contributed by atoms with E-state index < -0.39 is 12.0 Å². The molecule has 21 heavy (non-hydrogen) atoms. The third-order valence-corrected chi connectivity index (χ3v) is 3.02. The van der Waals surface area contributed by atoms with Crippen molar-refractivity contribution in [1.82, 2.24) is 10.3 Å². The van der Waals surface area contributed by atoms with E-state index in [1.807, 2.05) is 30.3 Å². The van der Waals surface area contributed by atoms with Gasteiger partial charge in [-0.2, -0.15) is 0 Å². The molecule has 1 amide bonds. The number of amides is 1. The van der Waals surface area contributed by atoms with Crippen molar-refractivity contribution in [3.63, 3.8) is 0 Å².